The zero-order valence-electron chi connectivity index (χ0n) is 34.7. The molecule has 0 fully saturated rings. The van der Waals surface area contributed by atoms with Crippen LogP contribution in [0.3, 0.4) is 0 Å². The number of hydrogen-bond acceptors (Lipinski definition) is 2. The van der Waals surface area contributed by atoms with Crippen molar-refractivity contribution in [3.05, 3.63) is 12.2 Å². The van der Waals surface area contributed by atoms with Crippen molar-refractivity contribution in [2.24, 2.45) is 11.5 Å². The van der Waals surface area contributed by atoms with Gasteiger partial charge in [0.25, 0.3) is 11.8 Å². The van der Waals surface area contributed by atoms with Crippen LogP contribution in [0, 0.1) is 0 Å². The summed E-state index contributed by atoms with van der Waals surface area (Å²) >= 11 is 0. The lowest BCUT2D eigenvalue weighted by Crippen LogP contribution is -2.78. The van der Waals surface area contributed by atoms with Crippen LogP contribution in [0.4, 0.5) is 0 Å². The van der Waals surface area contributed by atoms with Crippen molar-refractivity contribution >= 4 is 17.8 Å². The van der Waals surface area contributed by atoms with Crippen molar-refractivity contribution in [1.82, 2.24) is 10.2 Å². The average molecular weight is 737 g/mol. The van der Waals surface area contributed by atoms with Gasteiger partial charge in [0.15, 0.2) is 12.1 Å². The highest BCUT2D eigenvalue weighted by molar-refractivity contribution is 5.83. The first kappa shape index (κ1) is 49.9. The first-order valence-electron chi connectivity index (χ1n) is 22.3. The lowest BCUT2D eigenvalue weighted by molar-refractivity contribution is -0.463. The van der Waals surface area contributed by atoms with E-state index in [9.17, 15) is 9.59 Å². The van der Waals surface area contributed by atoms with Crippen LogP contribution in [0.15, 0.2) is 12.2 Å². The normalized spacial score (nSPS) is 12.6. The van der Waals surface area contributed by atoms with E-state index in [4.69, 9.17) is 11.5 Å². The van der Waals surface area contributed by atoms with Crippen LogP contribution >= 0.6 is 0 Å². The summed E-state index contributed by atoms with van der Waals surface area (Å²) in [5.41, 5.74) is 19.0. The molecule has 0 heterocycles. The van der Waals surface area contributed by atoms with E-state index in [0.717, 1.165) is 38.8 Å². The highest BCUT2D eigenvalue weighted by Crippen LogP contribution is 2.14. The molecule has 0 rings (SSSR count). The number of amides is 2. The first-order valence-corrected chi connectivity index (χ1v) is 22.3. The lowest BCUT2D eigenvalue weighted by Gasteiger charge is -2.25. The van der Waals surface area contributed by atoms with Crippen LogP contribution in [0.5, 0.6) is 0 Å². The SMILES string of the molecule is CCCCCCCC/C=C\CCCCCCCCN(CCCCCCCCCCCCCCCC)C(=O)C([NH3+])CNC(=O)C([NH3+])CCC[NH+]=C(N)N. The molecule has 0 aromatic carbocycles. The summed E-state index contributed by atoms with van der Waals surface area (Å²) < 4.78 is 0. The van der Waals surface area contributed by atoms with E-state index >= 15 is 0 Å². The summed E-state index contributed by atoms with van der Waals surface area (Å²) in [6.07, 6.45) is 42.5. The molecule has 0 radical (unpaired) electrons. The second-order valence-electron chi connectivity index (χ2n) is 15.5. The number of hydrogen-bond donors (Lipinski definition) is 6. The maximum absolute atomic E-state index is 13.5. The van der Waals surface area contributed by atoms with Gasteiger partial charge < -0.3 is 21.7 Å². The molecule has 0 aliphatic rings. The Morgan fingerprint density at radius 2 is 0.962 bits per heavy atom. The number of carbonyl (C=O) groups is 2. The molecule has 52 heavy (non-hydrogen) atoms. The van der Waals surface area contributed by atoms with Crippen LogP contribution in [-0.2, 0) is 9.59 Å². The van der Waals surface area contributed by atoms with Crippen molar-refractivity contribution in [2.75, 3.05) is 26.2 Å². The van der Waals surface area contributed by atoms with Crippen LogP contribution < -0.4 is 33.2 Å². The molecule has 9 heteroatoms. The molecule has 0 aliphatic carbocycles. The van der Waals surface area contributed by atoms with Crippen molar-refractivity contribution in [3.8, 4) is 0 Å². The Kier molecular flexibility index (Phi) is 37.0. The van der Waals surface area contributed by atoms with E-state index in [2.05, 4.69) is 47.8 Å². The lowest BCUT2D eigenvalue weighted by atomic mass is 10.0. The topological polar surface area (TPSA) is 171 Å². The highest BCUT2D eigenvalue weighted by Gasteiger charge is 2.26. The van der Waals surface area contributed by atoms with Gasteiger partial charge in [0, 0.05) is 19.5 Å². The van der Waals surface area contributed by atoms with Gasteiger partial charge in [0.1, 0.15) is 0 Å². The number of guanidine groups is 1. The zero-order valence-corrected chi connectivity index (χ0v) is 34.7. The van der Waals surface area contributed by atoms with Gasteiger partial charge in [-0.2, -0.15) is 0 Å². The van der Waals surface area contributed by atoms with E-state index < -0.39 is 12.1 Å². The molecular formula is C43H90N7O2+3. The van der Waals surface area contributed by atoms with Gasteiger partial charge in [-0.3, -0.25) is 26.0 Å². The number of carbonyl (C=O) groups excluding carboxylic acids is 2. The molecule has 0 spiro atoms. The van der Waals surface area contributed by atoms with E-state index in [-0.39, 0.29) is 24.3 Å². The molecule has 12 N–H and O–H groups in total. The number of quaternary nitrogens is 2. The molecule has 2 atom stereocenters. The molecule has 0 aromatic heterocycles. The third-order valence-corrected chi connectivity index (χ3v) is 10.3. The monoisotopic (exact) mass is 737 g/mol. The second kappa shape index (κ2) is 38.6. The fourth-order valence-electron chi connectivity index (χ4n) is 6.81. The second-order valence-corrected chi connectivity index (χ2v) is 15.5. The van der Waals surface area contributed by atoms with Gasteiger partial charge in [0.05, 0.1) is 13.1 Å². The Morgan fingerprint density at radius 3 is 1.37 bits per heavy atom. The summed E-state index contributed by atoms with van der Waals surface area (Å²) in [4.78, 5) is 31.0. The Hall–Kier alpha value is -2.13. The van der Waals surface area contributed by atoms with E-state index in [1.165, 1.54) is 161 Å². The molecule has 9 nitrogen and oxygen atoms in total. The maximum atomic E-state index is 13.5. The van der Waals surface area contributed by atoms with E-state index in [1.807, 2.05) is 4.90 Å². The number of unbranched alkanes of at least 4 members (excludes halogenated alkanes) is 25. The number of nitrogens with zero attached hydrogens (tertiary/aromatic N) is 1. The molecule has 306 valence electrons. The minimum atomic E-state index is -0.495. The van der Waals surface area contributed by atoms with Crippen LogP contribution in [-0.4, -0.2) is 60.9 Å². The van der Waals surface area contributed by atoms with Crippen LogP contribution in [0.2, 0.25) is 0 Å². The Bertz CT molecular complexity index is 862. The predicted octanol–water partition coefficient (Wildman–Crippen LogP) is 5.81. The maximum Gasteiger partial charge on any atom is 0.338 e. The third-order valence-electron chi connectivity index (χ3n) is 10.3. The Labute approximate surface area is 321 Å². The van der Waals surface area contributed by atoms with Gasteiger partial charge in [-0.25, -0.2) is 0 Å². The average Bonchev–Trinajstić information content (AvgIpc) is 3.13. The van der Waals surface area contributed by atoms with E-state index in [1.54, 1.807) is 0 Å². The number of nitrogens with two attached hydrogens (primary N) is 2. The molecule has 2 unspecified atom stereocenters. The first-order chi connectivity index (χ1) is 25.3. The third kappa shape index (κ3) is 33.7. The van der Waals surface area contributed by atoms with Gasteiger partial charge in [-0.15, -0.1) is 0 Å². The molecule has 0 bridgehead atoms. The molecule has 0 aromatic rings. The molecule has 0 saturated carbocycles. The fourth-order valence-corrected chi connectivity index (χ4v) is 6.81. The summed E-state index contributed by atoms with van der Waals surface area (Å²) in [5, 5.41) is 2.92. The van der Waals surface area contributed by atoms with Crippen molar-refractivity contribution in [2.45, 2.75) is 219 Å². The number of allylic oxidation sites excluding steroid dienone is 2. The predicted molar refractivity (Wildman–Crippen MR) is 221 cm³/mol. The minimum absolute atomic E-state index is 0.0570. The summed E-state index contributed by atoms with van der Waals surface area (Å²) in [7, 11) is 0. The summed E-state index contributed by atoms with van der Waals surface area (Å²) in [6.45, 7) is 6.97. The molecule has 0 aliphatic heterocycles. The minimum Gasteiger partial charge on any atom is -0.347 e. The zero-order chi connectivity index (χ0) is 38.3. The van der Waals surface area contributed by atoms with Gasteiger partial charge >= 0.3 is 5.96 Å². The smallest absolute Gasteiger partial charge is 0.338 e. The van der Waals surface area contributed by atoms with E-state index in [0.29, 0.717) is 13.0 Å². The molecule has 0 saturated heterocycles. The summed E-state index contributed by atoms with van der Waals surface area (Å²) in [5.74, 6) is 0.0961. The van der Waals surface area contributed by atoms with Crippen molar-refractivity contribution in [1.29, 1.82) is 0 Å². The largest absolute Gasteiger partial charge is 0.347 e. The number of nitrogens with one attached hydrogen (secondary N) is 2. The van der Waals surface area contributed by atoms with Crippen LogP contribution in [0.25, 0.3) is 0 Å². The molecule has 2 amide bonds. The summed E-state index contributed by atoms with van der Waals surface area (Å²) in [6, 6.07) is -0.888. The van der Waals surface area contributed by atoms with Gasteiger partial charge in [-0.05, 0) is 44.9 Å². The van der Waals surface area contributed by atoms with Crippen LogP contribution in [0.1, 0.15) is 206 Å². The van der Waals surface area contributed by atoms with Crippen molar-refractivity contribution in [3.63, 3.8) is 0 Å². The Balaban J connectivity index is 4.44. The molecular weight excluding hydrogens is 647 g/mol. The fraction of sp³-hybridized carbons (Fsp3) is 0.884. The highest BCUT2D eigenvalue weighted by atomic mass is 16.2. The standard InChI is InChI=1S/C43H87N7O2/c1-3-5-7-9-11-13-15-17-19-20-22-24-26-28-30-32-37-50(36-31-29-27-25-23-21-18-16-14-12-10-8-6-4-2)42(52)40(45)38-49-41(51)39(44)34-33-35-48-43(46)47/h17,19,39-40H,3-16,18,20-38,44-45H2,1-2H3,(H,49,51)(H4,46,47,48)/p+3/b19-17-. The van der Waals surface area contributed by atoms with Gasteiger partial charge in [0.2, 0.25) is 0 Å². The van der Waals surface area contributed by atoms with Crippen molar-refractivity contribution < 1.29 is 26.0 Å². The number of rotatable bonds is 39. The quantitative estimate of drug-likeness (QED) is 0.0203. The van der Waals surface area contributed by atoms with Gasteiger partial charge in [-0.1, -0.05) is 167 Å². The Morgan fingerprint density at radius 1 is 0.577 bits per heavy atom.